The van der Waals surface area contributed by atoms with Gasteiger partial charge in [-0.1, -0.05) is 11.6 Å². The fourth-order valence-corrected chi connectivity index (χ4v) is 1.60. The van der Waals surface area contributed by atoms with Gasteiger partial charge >= 0.3 is 6.18 Å². The Morgan fingerprint density at radius 2 is 2.05 bits per heavy atom. The van der Waals surface area contributed by atoms with E-state index in [9.17, 15) is 18.0 Å². The van der Waals surface area contributed by atoms with Gasteiger partial charge in [-0.05, 0) is 38.2 Å². The average molecular weight is 295 g/mol. The summed E-state index contributed by atoms with van der Waals surface area (Å²) in [5.41, 5.74) is -0.867. The molecule has 1 aromatic rings. The van der Waals surface area contributed by atoms with Crippen LogP contribution in [0.4, 0.5) is 18.9 Å². The summed E-state index contributed by atoms with van der Waals surface area (Å²) in [6, 6.07) is 2.82. The first-order chi connectivity index (χ1) is 8.84. The van der Waals surface area contributed by atoms with Gasteiger partial charge in [0.05, 0.1) is 16.3 Å². The van der Waals surface area contributed by atoms with E-state index in [1.807, 2.05) is 0 Å². The number of anilines is 1. The van der Waals surface area contributed by atoms with E-state index in [4.69, 9.17) is 11.6 Å². The monoisotopic (exact) mass is 294 g/mol. The molecule has 2 N–H and O–H groups in total. The number of benzene rings is 1. The van der Waals surface area contributed by atoms with Crippen molar-refractivity contribution in [1.82, 2.24) is 5.32 Å². The standard InChI is InChI=1S/C12H14ClF3N2O/c1-17-6-2-3-11(19)18-10-7-8(12(14,15)16)4-5-9(10)13/h4-5,7,17H,2-3,6H2,1H3,(H,18,19). The first kappa shape index (κ1) is 15.8. The van der Waals surface area contributed by atoms with Crippen LogP contribution in [0, 0.1) is 0 Å². The zero-order chi connectivity index (χ0) is 14.5. The highest BCUT2D eigenvalue weighted by Crippen LogP contribution is 2.33. The summed E-state index contributed by atoms with van der Waals surface area (Å²) in [4.78, 5) is 11.5. The van der Waals surface area contributed by atoms with Crippen molar-refractivity contribution in [2.75, 3.05) is 18.9 Å². The first-order valence-electron chi connectivity index (χ1n) is 5.66. The molecule has 1 amide bonds. The van der Waals surface area contributed by atoms with Crippen molar-refractivity contribution < 1.29 is 18.0 Å². The molecule has 0 saturated heterocycles. The third kappa shape index (κ3) is 5.08. The zero-order valence-electron chi connectivity index (χ0n) is 10.3. The van der Waals surface area contributed by atoms with Gasteiger partial charge in [0.25, 0.3) is 0 Å². The molecule has 7 heteroatoms. The molecule has 0 aliphatic carbocycles. The molecule has 0 aliphatic rings. The zero-order valence-corrected chi connectivity index (χ0v) is 11.0. The van der Waals surface area contributed by atoms with Crippen LogP contribution < -0.4 is 10.6 Å². The molecule has 0 atom stereocenters. The molecule has 0 aliphatic heterocycles. The fourth-order valence-electron chi connectivity index (χ4n) is 1.44. The van der Waals surface area contributed by atoms with Crippen molar-refractivity contribution in [3.63, 3.8) is 0 Å². The number of carbonyl (C=O) groups excluding carboxylic acids is 1. The summed E-state index contributed by atoms with van der Waals surface area (Å²) in [6.45, 7) is 0.656. The predicted molar refractivity (Wildman–Crippen MR) is 68.2 cm³/mol. The number of halogens is 4. The van der Waals surface area contributed by atoms with Crippen LogP contribution in [0.5, 0.6) is 0 Å². The van der Waals surface area contributed by atoms with E-state index in [1.54, 1.807) is 7.05 Å². The minimum Gasteiger partial charge on any atom is -0.325 e. The van der Waals surface area contributed by atoms with Crippen molar-refractivity contribution in [1.29, 1.82) is 0 Å². The number of hydrogen-bond acceptors (Lipinski definition) is 2. The van der Waals surface area contributed by atoms with Gasteiger partial charge in [0, 0.05) is 6.42 Å². The Bertz CT molecular complexity index is 449. The summed E-state index contributed by atoms with van der Waals surface area (Å²) in [6.07, 6.45) is -3.65. The molecular weight excluding hydrogens is 281 g/mol. The normalized spacial score (nSPS) is 11.4. The Hall–Kier alpha value is -1.27. The summed E-state index contributed by atoms with van der Waals surface area (Å²) in [7, 11) is 1.75. The Morgan fingerprint density at radius 1 is 1.37 bits per heavy atom. The molecule has 0 radical (unpaired) electrons. The van der Waals surface area contributed by atoms with Gasteiger partial charge in [0.1, 0.15) is 0 Å². The lowest BCUT2D eigenvalue weighted by Crippen LogP contribution is -2.16. The van der Waals surface area contributed by atoms with Crippen molar-refractivity contribution in [3.05, 3.63) is 28.8 Å². The molecule has 0 saturated carbocycles. The van der Waals surface area contributed by atoms with Crippen molar-refractivity contribution >= 4 is 23.2 Å². The minimum atomic E-state index is -4.46. The molecule has 3 nitrogen and oxygen atoms in total. The van der Waals surface area contributed by atoms with Gasteiger partial charge in [-0.25, -0.2) is 0 Å². The molecule has 0 unspecified atom stereocenters. The number of carbonyl (C=O) groups is 1. The summed E-state index contributed by atoms with van der Waals surface area (Å²) in [5.74, 6) is -0.364. The molecule has 0 aromatic heterocycles. The van der Waals surface area contributed by atoms with Gasteiger partial charge in [-0.3, -0.25) is 4.79 Å². The van der Waals surface area contributed by atoms with E-state index in [0.29, 0.717) is 13.0 Å². The number of hydrogen-bond donors (Lipinski definition) is 2. The van der Waals surface area contributed by atoms with Crippen LogP contribution in [0.25, 0.3) is 0 Å². The van der Waals surface area contributed by atoms with E-state index < -0.39 is 11.7 Å². The summed E-state index contributed by atoms with van der Waals surface area (Å²) in [5, 5.41) is 5.33. The quantitative estimate of drug-likeness (QED) is 0.818. The van der Waals surface area contributed by atoms with Gasteiger partial charge in [-0.2, -0.15) is 13.2 Å². The number of rotatable bonds is 5. The van der Waals surface area contributed by atoms with Crippen molar-refractivity contribution in [2.45, 2.75) is 19.0 Å². The van der Waals surface area contributed by atoms with Crippen LogP contribution >= 0.6 is 11.6 Å². The van der Waals surface area contributed by atoms with Crippen LogP contribution in [0.3, 0.4) is 0 Å². The molecule has 0 spiro atoms. The maximum Gasteiger partial charge on any atom is 0.416 e. The Balaban J connectivity index is 2.74. The van der Waals surface area contributed by atoms with E-state index in [0.717, 1.165) is 18.2 Å². The lowest BCUT2D eigenvalue weighted by atomic mass is 10.2. The van der Waals surface area contributed by atoms with E-state index >= 15 is 0 Å². The van der Waals surface area contributed by atoms with Crippen molar-refractivity contribution in [2.24, 2.45) is 0 Å². The molecule has 106 valence electrons. The number of alkyl halides is 3. The fraction of sp³-hybridized carbons (Fsp3) is 0.417. The van der Waals surface area contributed by atoms with Gasteiger partial charge in [0.15, 0.2) is 0 Å². The average Bonchev–Trinajstić information content (AvgIpc) is 2.31. The van der Waals surface area contributed by atoms with Crippen LogP contribution in [-0.2, 0) is 11.0 Å². The third-order valence-electron chi connectivity index (χ3n) is 2.40. The lowest BCUT2D eigenvalue weighted by molar-refractivity contribution is -0.137. The van der Waals surface area contributed by atoms with Crippen LogP contribution in [0.1, 0.15) is 18.4 Å². The first-order valence-corrected chi connectivity index (χ1v) is 6.03. The largest absolute Gasteiger partial charge is 0.416 e. The lowest BCUT2D eigenvalue weighted by Gasteiger charge is -2.11. The van der Waals surface area contributed by atoms with Gasteiger partial charge in [0.2, 0.25) is 5.91 Å². The van der Waals surface area contributed by atoms with Crippen LogP contribution in [0.15, 0.2) is 18.2 Å². The Kier molecular flexibility index (Phi) is 5.62. The van der Waals surface area contributed by atoms with E-state index in [-0.39, 0.29) is 23.0 Å². The molecule has 0 heterocycles. The molecule has 19 heavy (non-hydrogen) atoms. The second-order valence-corrected chi connectivity index (χ2v) is 4.35. The molecule has 1 rings (SSSR count). The SMILES string of the molecule is CNCCCC(=O)Nc1cc(C(F)(F)F)ccc1Cl. The number of amides is 1. The predicted octanol–water partition coefficient (Wildman–Crippen LogP) is 3.30. The Labute approximate surface area is 114 Å². The maximum atomic E-state index is 12.5. The van der Waals surface area contributed by atoms with Crippen LogP contribution in [-0.4, -0.2) is 19.5 Å². The van der Waals surface area contributed by atoms with Crippen LogP contribution in [0.2, 0.25) is 5.02 Å². The summed E-state index contributed by atoms with van der Waals surface area (Å²) >= 11 is 5.76. The third-order valence-corrected chi connectivity index (χ3v) is 2.73. The van der Waals surface area contributed by atoms with Crippen molar-refractivity contribution in [3.8, 4) is 0 Å². The minimum absolute atomic E-state index is 0.0223. The molecule has 0 bridgehead atoms. The number of nitrogens with one attached hydrogen (secondary N) is 2. The highest BCUT2D eigenvalue weighted by atomic mass is 35.5. The second-order valence-electron chi connectivity index (χ2n) is 3.95. The van der Waals surface area contributed by atoms with Gasteiger partial charge < -0.3 is 10.6 Å². The topological polar surface area (TPSA) is 41.1 Å². The van der Waals surface area contributed by atoms with E-state index in [1.165, 1.54) is 0 Å². The molecule has 1 aromatic carbocycles. The molecular formula is C12H14ClF3N2O. The smallest absolute Gasteiger partial charge is 0.325 e. The Morgan fingerprint density at radius 3 is 2.63 bits per heavy atom. The second kappa shape index (κ2) is 6.77. The highest BCUT2D eigenvalue weighted by Gasteiger charge is 2.31. The van der Waals surface area contributed by atoms with Gasteiger partial charge in [-0.15, -0.1) is 0 Å². The summed E-state index contributed by atoms with van der Waals surface area (Å²) < 4.78 is 37.6. The molecule has 0 fully saturated rings. The van der Waals surface area contributed by atoms with E-state index in [2.05, 4.69) is 10.6 Å². The maximum absolute atomic E-state index is 12.5. The highest BCUT2D eigenvalue weighted by molar-refractivity contribution is 6.33.